The van der Waals surface area contributed by atoms with Crippen LogP contribution in [-0.2, 0) is 14.6 Å². The van der Waals surface area contributed by atoms with E-state index in [1.165, 1.54) is 6.26 Å². The molecule has 98 valence electrons. The van der Waals surface area contributed by atoms with Crippen LogP contribution in [0.4, 0.5) is 0 Å². The molecule has 0 rings (SSSR count). The standard InChI is InChI=1S/C10H24N2O3S/c1-9(15-4)10(2,8-11)12(3)6-7-16(5,13)14/h9H,6-8,11H2,1-5H3. The molecule has 0 fully saturated rings. The van der Waals surface area contributed by atoms with Gasteiger partial charge in [-0.2, -0.15) is 0 Å². The van der Waals surface area contributed by atoms with Crippen molar-refractivity contribution in [2.24, 2.45) is 5.73 Å². The van der Waals surface area contributed by atoms with Gasteiger partial charge in [-0.05, 0) is 20.9 Å². The lowest BCUT2D eigenvalue weighted by molar-refractivity contribution is -0.0169. The van der Waals surface area contributed by atoms with E-state index in [9.17, 15) is 8.42 Å². The van der Waals surface area contributed by atoms with Gasteiger partial charge in [0.15, 0.2) is 0 Å². The van der Waals surface area contributed by atoms with Crippen molar-refractivity contribution in [1.29, 1.82) is 0 Å². The molecule has 0 bridgehead atoms. The lowest BCUT2D eigenvalue weighted by atomic mass is 9.94. The van der Waals surface area contributed by atoms with Crippen molar-refractivity contribution in [1.82, 2.24) is 4.90 Å². The highest BCUT2D eigenvalue weighted by Crippen LogP contribution is 2.18. The highest BCUT2D eigenvalue weighted by Gasteiger charge is 2.34. The van der Waals surface area contributed by atoms with E-state index in [0.717, 1.165) is 0 Å². The van der Waals surface area contributed by atoms with Gasteiger partial charge >= 0.3 is 0 Å². The second kappa shape index (κ2) is 5.95. The van der Waals surface area contributed by atoms with Crippen molar-refractivity contribution in [3.8, 4) is 0 Å². The summed E-state index contributed by atoms with van der Waals surface area (Å²) < 4.78 is 27.5. The molecule has 0 aromatic carbocycles. The van der Waals surface area contributed by atoms with E-state index in [2.05, 4.69) is 0 Å². The molecular weight excluding hydrogens is 228 g/mol. The van der Waals surface area contributed by atoms with Crippen molar-refractivity contribution in [2.75, 3.05) is 39.3 Å². The Morgan fingerprint density at radius 2 is 2.00 bits per heavy atom. The molecule has 2 atom stereocenters. The SMILES string of the molecule is COC(C)C(C)(CN)N(C)CCS(C)(=O)=O. The minimum atomic E-state index is -2.94. The quantitative estimate of drug-likeness (QED) is 0.674. The van der Waals surface area contributed by atoms with Gasteiger partial charge in [-0.15, -0.1) is 0 Å². The van der Waals surface area contributed by atoms with E-state index in [0.29, 0.717) is 13.1 Å². The van der Waals surface area contributed by atoms with E-state index in [1.807, 2.05) is 25.8 Å². The van der Waals surface area contributed by atoms with Crippen LogP contribution in [0.5, 0.6) is 0 Å². The summed E-state index contributed by atoms with van der Waals surface area (Å²) in [7, 11) is 0.553. The largest absolute Gasteiger partial charge is 0.380 e. The van der Waals surface area contributed by atoms with Gasteiger partial charge in [-0.1, -0.05) is 0 Å². The minimum absolute atomic E-state index is 0.0536. The number of nitrogens with zero attached hydrogens (tertiary/aromatic N) is 1. The highest BCUT2D eigenvalue weighted by molar-refractivity contribution is 7.90. The molecule has 0 aliphatic rings. The molecule has 0 radical (unpaired) electrons. The van der Waals surface area contributed by atoms with E-state index < -0.39 is 9.84 Å². The van der Waals surface area contributed by atoms with Gasteiger partial charge in [-0.3, -0.25) is 4.90 Å². The fourth-order valence-corrected chi connectivity index (χ4v) is 2.05. The minimum Gasteiger partial charge on any atom is -0.380 e. The second-order valence-corrected chi connectivity index (χ2v) is 6.75. The van der Waals surface area contributed by atoms with Crippen molar-refractivity contribution in [2.45, 2.75) is 25.5 Å². The molecule has 0 aromatic heterocycles. The molecule has 5 nitrogen and oxygen atoms in total. The number of rotatable bonds is 7. The van der Waals surface area contributed by atoms with Gasteiger partial charge < -0.3 is 10.5 Å². The Kier molecular flexibility index (Phi) is 5.89. The summed E-state index contributed by atoms with van der Waals surface area (Å²) in [6, 6.07) is 0. The van der Waals surface area contributed by atoms with Gasteiger partial charge in [0.25, 0.3) is 0 Å². The number of methoxy groups -OCH3 is 1. The predicted molar refractivity (Wildman–Crippen MR) is 66.3 cm³/mol. The third kappa shape index (κ3) is 4.37. The number of hydrogen-bond acceptors (Lipinski definition) is 5. The molecule has 0 heterocycles. The van der Waals surface area contributed by atoms with E-state index in [1.54, 1.807) is 7.11 Å². The number of ether oxygens (including phenoxy) is 1. The van der Waals surface area contributed by atoms with Crippen LogP contribution in [0.2, 0.25) is 0 Å². The van der Waals surface area contributed by atoms with Crippen LogP contribution in [0.1, 0.15) is 13.8 Å². The Bertz CT molecular complexity index is 305. The fraction of sp³-hybridized carbons (Fsp3) is 1.00. The summed E-state index contributed by atoms with van der Waals surface area (Å²) in [5, 5.41) is 0. The summed E-state index contributed by atoms with van der Waals surface area (Å²) >= 11 is 0. The summed E-state index contributed by atoms with van der Waals surface area (Å²) in [5.74, 6) is 0.134. The van der Waals surface area contributed by atoms with Crippen LogP contribution in [-0.4, -0.2) is 64.2 Å². The first kappa shape index (κ1) is 15.8. The second-order valence-electron chi connectivity index (χ2n) is 4.49. The Morgan fingerprint density at radius 3 is 2.31 bits per heavy atom. The average Bonchev–Trinajstić information content (AvgIpc) is 2.22. The molecule has 0 aliphatic heterocycles. The molecule has 0 saturated heterocycles. The Balaban J connectivity index is 4.59. The zero-order valence-electron chi connectivity index (χ0n) is 10.9. The summed E-state index contributed by atoms with van der Waals surface area (Å²) in [4.78, 5) is 1.95. The lowest BCUT2D eigenvalue weighted by Gasteiger charge is -2.41. The summed E-state index contributed by atoms with van der Waals surface area (Å²) in [6.07, 6.45) is 1.18. The first-order valence-corrected chi connectivity index (χ1v) is 7.35. The maximum absolute atomic E-state index is 11.1. The molecule has 0 aliphatic carbocycles. The molecule has 0 amide bonds. The third-order valence-corrected chi connectivity index (χ3v) is 4.24. The predicted octanol–water partition coefficient (Wildman–Crippen LogP) is -0.285. The highest BCUT2D eigenvalue weighted by atomic mass is 32.2. The molecule has 2 N–H and O–H groups in total. The van der Waals surface area contributed by atoms with Crippen LogP contribution in [0.3, 0.4) is 0 Å². The molecule has 2 unspecified atom stereocenters. The molecule has 0 aromatic rings. The summed E-state index contributed by atoms with van der Waals surface area (Å²) in [6.45, 7) is 4.79. The van der Waals surface area contributed by atoms with Crippen LogP contribution < -0.4 is 5.73 Å². The lowest BCUT2D eigenvalue weighted by Crippen LogP contribution is -2.58. The Labute approximate surface area is 98.9 Å². The van der Waals surface area contributed by atoms with Gasteiger partial charge in [0.2, 0.25) is 0 Å². The van der Waals surface area contributed by atoms with Gasteiger partial charge in [0, 0.05) is 26.5 Å². The fourth-order valence-electron chi connectivity index (χ4n) is 1.44. The normalized spacial score (nSPS) is 18.4. The topological polar surface area (TPSA) is 72.6 Å². The van der Waals surface area contributed by atoms with Crippen LogP contribution >= 0.6 is 0 Å². The van der Waals surface area contributed by atoms with Gasteiger partial charge in [0.1, 0.15) is 9.84 Å². The van der Waals surface area contributed by atoms with Crippen molar-refractivity contribution in [3.63, 3.8) is 0 Å². The maximum atomic E-state index is 11.1. The van der Waals surface area contributed by atoms with E-state index in [-0.39, 0.29) is 17.4 Å². The third-order valence-electron chi connectivity index (χ3n) is 3.31. The van der Waals surface area contributed by atoms with Crippen LogP contribution in [0.15, 0.2) is 0 Å². The first-order chi connectivity index (χ1) is 7.17. The summed E-state index contributed by atoms with van der Waals surface area (Å²) in [5.41, 5.74) is 5.40. The zero-order chi connectivity index (χ0) is 13.0. The average molecular weight is 252 g/mol. The molecular formula is C10H24N2O3S. The zero-order valence-corrected chi connectivity index (χ0v) is 11.7. The number of hydrogen-bond donors (Lipinski definition) is 1. The number of likely N-dealkylation sites (N-methyl/N-ethyl adjacent to an activating group) is 1. The number of nitrogens with two attached hydrogens (primary N) is 1. The molecule has 6 heteroatoms. The van der Waals surface area contributed by atoms with E-state index in [4.69, 9.17) is 10.5 Å². The van der Waals surface area contributed by atoms with Crippen LogP contribution in [0.25, 0.3) is 0 Å². The monoisotopic (exact) mass is 252 g/mol. The van der Waals surface area contributed by atoms with Crippen molar-refractivity contribution in [3.05, 3.63) is 0 Å². The first-order valence-electron chi connectivity index (χ1n) is 5.29. The molecule has 16 heavy (non-hydrogen) atoms. The van der Waals surface area contributed by atoms with Crippen molar-refractivity contribution < 1.29 is 13.2 Å². The maximum Gasteiger partial charge on any atom is 0.148 e. The number of sulfone groups is 1. The van der Waals surface area contributed by atoms with Crippen molar-refractivity contribution >= 4 is 9.84 Å². The molecule has 0 saturated carbocycles. The van der Waals surface area contributed by atoms with Gasteiger partial charge in [0.05, 0.1) is 17.4 Å². The van der Waals surface area contributed by atoms with E-state index >= 15 is 0 Å². The Hall–Kier alpha value is -0.170. The molecule has 0 spiro atoms. The van der Waals surface area contributed by atoms with Crippen LogP contribution in [0, 0.1) is 0 Å². The Morgan fingerprint density at radius 1 is 1.50 bits per heavy atom. The smallest absolute Gasteiger partial charge is 0.148 e. The van der Waals surface area contributed by atoms with Gasteiger partial charge in [-0.25, -0.2) is 8.42 Å².